The number of likely N-dealkylation sites (N-methyl/N-ethyl adjacent to an activating group) is 1. The number of hydrogen-bond acceptors (Lipinski definition) is 7. The van der Waals surface area contributed by atoms with Crippen molar-refractivity contribution in [3.05, 3.63) is 75.9 Å². The maximum Gasteiger partial charge on any atom is 0.257 e. The zero-order valence-corrected chi connectivity index (χ0v) is 25.7. The van der Waals surface area contributed by atoms with Gasteiger partial charge >= 0.3 is 0 Å². The minimum atomic E-state index is -1.03. The first-order valence-electron chi connectivity index (χ1n) is 14.2. The summed E-state index contributed by atoms with van der Waals surface area (Å²) in [7, 11) is 0. The summed E-state index contributed by atoms with van der Waals surface area (Å²) in [4.78, 5) is 27.2. The van der Waals surface area contributed by atoms with Crippen molar-refractivity contribution in [2.45, 2.75) is 32.1 Å². The van der Waals surface area contributed by atoms with E-state index in [0.717, 1.165) is 43.9 Å². The molecule has 0 bridgehead atoms. The van der Waals surface area contributed by atoms with E-state index in [4.69, 9.17) is 28.3 Å². The summed E-state index contributed by atoms with van der Waals surface area (Å²) < 4.78 is 17.6. The number of hydrogen-bond donors (Lipinski definition) is 1. The number of rotatable bonds is 7. The summed E-state index contributed by atoms with van der Waals surface area (Å²) in [5.74, 6) is -0.394. The topological polar surface area (TPSA) is 84.1 Å². The largest absolute Gasteiger partial charge is 0.369 e. The predicted octanol–water partition coefficient (Wildman–Crippen LogP) is 5.93. The Kier molecular flexibility index (Phi) is 7.58. The van der Waals surface area contributed by atoms with Gasteiger partial charge in [-0.2, -0.15) is 5.10 Å². The number of benzene rings is 2. The molecule has 9 nitrogen and oxygen atoms in total. The summed E-state index contributed by atoms with van der Waals surface area (Å²) >= 11 is 15.1. The number of carbonyl (C=O) groups excluding carboxylic acids is 1. The molecule has 5 aromatic rings. The number of nitrogens with one attached hydrogen (secondary N) is 1. The number of aromatic nitrogens is 5. The first-order chi connectivity index (χ1) is 20.9. The molecule has 1 fully saturated rings. The van der Waals surface area contributed by atoms with Crippen LogP contribution in [0.25, 0.3) is 22.0 Å². The molecule has 2 aromatic carbocycles. The maximum absolute atomic E-state index is 14.3. The monoisotopic (exact) mass is 638 g/mol. The average Bonchev–Trinajstić information content (AvgIpc) is 3.82. The van der Waals surface area contributed by atoms with Gasteiger partial charge in [0.05, 0.1) is 28.6 Å². The molecule has 222 valence electrons. The highest BCUT2D eigenvalue weighted by atomic mass is 35.5. The standard InChI is InChI=1S/C30H29Cl2FN8OS/c1-2-38-8-10-39(11-9-38)20-5-3-18(4-6-20)21-14-23(31)22-16-41(37-26(22)25(21)32)28(29(42)36-30-34-7-12-43-30)27-24-13-19(33)15-40(24)17-35-27/h3-7,12,14,16-17,19,28H,2,8-11,13,15H2,1H3,(H,34,36,42)/t19-,28?/m1/s1. The molecule has 3 aromatic heterocycles. The van der Waals surface area contributed by atoms with Crippen LogP contribution in [0.2, 0.25) is 10.0 Å². The SMILES string of the molecule is CCN1CCN(c2ccc(-c3cc(Cl)c4cn(C(C(=O)Nc5nccs5)c5ncn6c5C[C@@H](F)C6)nc4c3Cl)cc2)CC1. The molecule has 1 saturated heterocycles. The van der Waals surface area contributed by atoms with Crippen LogP contribution >= 0.6 is 34.5 Å². The Morgan fingerprint density at radius 1 is 1.16 bits per heavy atom. The Morgan fingerprint density at radius 2 is 1.95 bits per heavy atom. The highest BCUT2D eigenvalue weighted by molar-refractivity contribution is 7.13. The van der Waals surface area contributed by atoms with Crippen molar-refractivity contribution in [2.24, 2.45) is 0 Å². The fraction of sp³-hybridized carbons (Fsp3) is 0.333. The number of anilines is 2. The molecule has 2 aliphatic rings. The normalized spacial score (nSPS) is 17.9. The first kappa shape index (κ1) is 28.3. The van der Waals surface area contributed by atoms with Gasteiger partial charge in [-0.15, -0.1) is 11.3 Å². The van der Waals surface area contributed by atoms with Crippen LogP contribution in [0.5, 0.6) is 0 Å². The first-order valence-corrected chi connectivity index (χ1v) is 15.9. The number of piperazine rings is 1. The molecule has 43 heavy (non-hydrogen) atoms. The second-order valence-corrected chi connectivity index (χ2v) is 12.5. The molecule has 1 amide bonds. The van der Waals surface area contributed by atoms with Crippen LogP contribution in [0.15, 0.2) is 54.4 Å². The van der Waals surface area contributed by atoms with Crippen LogP contribution in [0.4, 0.5) is 15.2 Å². The van der Waals surface area contributed by atoms with Gasteiger partial charge in [-0.05, 0) is 30.3 Å². The Hall–Kier alpha value is -3.51. The van der Waals surface area contributed by atoms with Crippen molar-refractivity contribution in [3.8, 4) is 11.1 Å². The van der Waals surface area contributed by atoms with Gasteiger partial charge in [-0.1, -0.05) is 42.3 Å². The second kappa shape index (κ2) is 11.5. The highest BCUT2D eigenvalue weighted by Crippen LogP contribution is 2.40. The number of halogens is 3. The molecular weight excluding hydrogens is 610 g/mol. The lowest BCUT2D eigenvalue weighted by Crippen LogP contribution is -2.46. The van der Waals surface area contributed by atoms with E-state index < -0.39 is 18.1 Å². The van der Waals surface area contributed by atoms with Gasteiger partial charge in [0.2, 0.25) is 0 Å². The summed E-state index contributed by atoms with van der Waals surface area (Å²) in [6, 6.07) is 9.17. The lowest BCUT2D eigenvalue weighted by Gasteiger charge is -2.35. The second-order valence-electron chi connectivity index (χ2n) is 10.8. The number of carbonyl (C=O) groups is 1. The molecule has 2 atom stereocenters. The van der Waals surface area contributed by atoms with Crippen LogP contribution in [-0.2, 0) is 17.8 Å². The van der Waals surface area contributed by atoms with Crippen molar-refractivity contribution >= 4 is 62.2 Å². The number of amides is 1. The molecule has 13 heteroatoms. The molecule has 0 aliphatic carbocycles. The van der Waals surface area contributed by atoms with Gasteiger partial charge in [-0.25, -0.2) is 14.4 Å². The molecule has 2 aliphatic heterocycles. The molecular formula is C30H29Cl2FN8OS. The van der Waals surface area contributed by atoms with E-state index in [0.29, 0.717) is 37.5 Å². The molecule has 1 N–H and O–H groups in total. The highest BCUT2D eigenvalue weighted by Gasteiger charge is 2.34. The lowest BCUT2D eigenvalue weighted by atomic mass is 10.0. The third-order valence-corrected chi connectivity index (χ3v) is 9.67. The van der Waals surface area contributed by atoms with Crippen molar-refractivity contribution in [1.29, 1.82) is 0 Å². The van der Waals surface area contributed by atoms with Gasteiger partial charge in [0, 0.05) is 72.7 Å². The summed E-state index contributed by atoms with van der Waals surface area (Å²) in [5, 5.41) is 11.3. The predicted molar refractivity (Wildman–Crippen MR) is 169 cm³/mol. The Morgan fingerprint density at radius 3 is 2.67 bits per heavy atom. The zero-order chi connectivity index (χ0) is 29.7. The number of alkyl halides is 1. The van der Waals surface area contributed by atoms with E-state index in [2.05, 4.69) is 44.1 Å². The number of fused-ring (bicyclic) bond motifs is 2. The Labute approximate surface area is 261 Å². The maximum atomic E-state index is 14.3. The van der Waals surface area contributed by atoms with Crippen molar-refractivity contribution < 1.29 is 9.18 Å². The third-order valence-electron chi connectivity index (χ3n) is 8.29. The summed E-state index contributed by atoms with van der Waals surface area (Å²) in [6.07, 6.45) is 4.02. The van der Waals surface area contributed by atoms with E-state index in [1.807, 2.05) is 18.2 Å². The van der Waals surface area contributed by atoms with E-state index in [-0.39, 0.29) is 13.0 Å². The van der Waals surface area contributed by atoms with E-state index in [1.54, 1.807) is 28.7 Å². The van der Waals surface area contributed by atoms with E-state index in [9.17, 15) is 9.18 Å². The number of thiazole rings is 1. The molecule has 7 rings (SSSR count). The number of nitrogens with zero attached hydrogens (tertiary/aromatic N) is 7. The quantitative estimate of drug-likeness (QED) is 0.238. The van der Waals surface area contributed by atoms with E-state index >= 15 is 0 Å². The molecule has 0 radical (unpaired) electrons. The van der Waals surface area contributed by atoms with Crippen molar-refractivity contribution in [2.75, 3.05) is 42.9 Å². The van der Waals surface area contributed by atoms with Crippen LogP contribution in [0, 0.1) is 0 Å². The van der Waals surface area contributed by atoms with Gasteiger partial charge in [-0.3, -0.25) is 14.8 Å². The lowest BCUT2D eigenvalue weighted by molar-refractivity contribution is -0.118. The van der Waals surface area contributed by atoms with Crippen molar-refractivity contribution in [3.63, 3.8) is 0 Å². The molecule has 5 heterocycles. The van der Waals surface area contributed by atoms with Gasteiger partial charge in [0.25, 0.3) is 5.91 Å². The third kappa shape index (κ3) is 5.28. The minimum absolute atomic E-state index is 0.174. The van der Waals surface area contributed by atoms with Crippen LogP contribution < -0.4 is 10.2 Å². The average molecular weight is 640 g/mol. The fourth-order valence-electron chi connectivity index (χ4n) is 5.99. The van der Waals surface area contributed by atoms with E-state index in [1.165, 1.54) is 21.7 Å². The minimum Gasteiger partial charge on any atom is -0.369 e. The van der Waals surface area contributed by atoms with Gasteiger partial charge in [0.1, 0.15) is 11.7 Å². The zero-order valence-electron chi connectivity index (χ0n) is 23.4. The number of imidazole rings is 1. The molecule has 0 saturated carbocycles. The van der Waals surface area contributed by atoms with Gasteiger partial charge in [0.15, 0.2) is 11.2 Å². The Bertz CT molecular complexity index is 1780. The Balaban J connectivity index is 1.24. The fourth-order valence-corrected chi connectivity index (χ4v) is 7.07. The smallest absolute Gasteiger partial charge is 0.257 e. The van der Waals surface area contributed by atoms with Crippen LogP contribution in [-0.4, -0.2) is 74.0 Å². The van der Waals surface area contributed by atoms with Crippen LogP contribution in [0.1, 0.15) is 24.4 Å². The van der Waals surface area contributed by atoms with Crippen LogP contribution in [0.3, 0.4) is 0 Å². The molecule has 1 unspecified atom stereocenters. The van der Waals surface area contributed by atoms with Crippen molar-refractivity contribution in [1.82, 2.24) is 29.2 Å². The summed E-state index contributed by atoms with van der Waals surface area (Å²) in [5.41, 5.74) is 4.40. The molecule has 0 spiro atoms. The summed E-state index contributed by atoms with van der Waals surface area (Å²) in [6.45, 7) is 7.57. The van der Waals surface area contributed by atoms with Gasteiger partial charge < -0.3 is 14.4 Å².